The molecular formula is C19H20ClNO5S. The van der Waals surface area contributed by atoms with Gasteiger partial charge in [-0.25, -0.2) is 13.2 Å². The molecule has 0 spiro atoms. The van der Waals surface area contributed by atoms with Gasteiger partial charge in [-0.1, -0.05) is 41.9 Å². The standard InChI is InChI=1S/C19H20ClNO5S/c1-13(18(22)21-11-16-7-3-4-9-17(16)20)26-19(23)15-8-5-6-14(10-15)12-27(2,24)25/h3-10,13H,11-12H2,1-2H3,(H,21,22)/t13-/m1/s1. The fraction of sp³-hybridized carbons (Fsp3) is 0.263. The Morgan fingerprint density at radius 3 is 2.52 bits per heavy atom. The second kappa shape index (κ2) is 9.01. The summed E-state index contributed by atoms with van der Waals surface area (Å²) >= 11 is 6.03. The van der Waals surface area contributed by atoms with E-state index in [4.69, 9.17) is 16.3 Å². The van der Waals surface area contributed by atoms with Crippen molar-refractivity contribution in [1.82, 2.24) is 5.32 Å². The van der Waals surface area contributed by atoms with Crippen LogP contribution >= 0.6 is 11.6 Å². The van der Waals surface area contributed by atoms with Crippen molar-refractivity contribution >= 4 is 33.3 Å². The van der Waals surface area contributed by atoms with E-state index in [1.807, 2.05) is 0 Å². The Kier molecular flexibility index (Phi) is 6.98. The van der Waals surface area contributed by atoms with E-state index in [0.29, 0.717) is 10.6 Å². The SMILES string of the molecule is C[C@@H](OC(=O)c1cccc(CS(C)(=O)=O)c1)C(=O)NCc1ccccc1Cl. The molecular weight excluding hydrogens is 390 g/mol. The van der Waals surface area contributed by atoms with Crippen molar-refractivity contribution in [3.63, 3.8) is 0 Å². The summed E-state index contributed by atoms with van der Waals surface area (Å²) < 4.78 is 27.9. The van der Waals surface area contributed by atoms with Crippen LogP contribution in [0.2, 0.25) is 5.02 Å². The Morgan fingerprint density at radius 2 is 1.85 bits per heavy atom. The summed E-state index contributed by atoms with van der Waals surface area (Å²) in [7, 11) is -3.22. The molecule has 0 fully saturated rings. The molecule has 0 bridgehead atoms. The molecule has 6 nitrogen and oxygen atoms in total. The third kappa shape index (κ3) is 6.69. The minimum atomic E-state index is -3.22. The molecule has 2 rings (SSSR count). The van der Waals surface area contributed by atoms with Crippen molar-refractivity contribution < 1.29 is 22.7 Å². The van der Waals surface area contributed by atoms with Crippen molar-refractivity contribution in [3.05, 3.63) is 70.2 Å². The molecule has 0 aliphatic heterocycles. The Bertz CT molecular complexity index is 943. The van der Waals surface area contributed by atoms with Crippen molar-refractivity contribution in [2.75, 3.05) is 6.26 Å². The van der Waals surface area contributed by atoms with Gasteiger partial charge >= 0.3 is 5.97 Å². The highest BCUT2D eigenvalue weighted by atomic mass is 35.5. The highest BCUT2D eigenvalue weighted by Gasteiger charge is 2.19. The van der Waals surface area contributed by atoms with Gasteiger partial charge in [0.1, 0.15) is 0 Å². The third-order valence-corrected chi connectivity index (χ3v) is 4.88. The maximum atomic E-state index is 12.2. The van der Waals surface area contributed by atoms with Gasteiger partial charge in [-0.3, -0.25) is 4.79 Å². The number of hydrogen-bond acceptors (Lipinski definition) is 5. The second-order valence-electron chi connectivity index (χ2n) is 6.13. The van der Waals surface area contributed by atoms with Crippen LogP contribution in [0, 0.1) is 0 Å². The number of halogens is 1. The van der Waals surface area contributed by atoms with Crippen LogP contribution in [-0.4, -0.2) is 32.7 Å². The van der Waals surface area contributed by atoms with Gasteiger partial charge in [0.2, 0.25) is 0 Å². The lowest BCUT2D eigenvalue weighted by molar-refractivity contribution is -0.129. The van der Waals surface area contributed by atoms with Crippen LogP contribution in [0.15, 0.2) is 48.5 Å². The smallest absolute Gasteiger partial charge is 0.338 e. The maximum Gasteiger partial charge on any atom is 0.338 e. The van der Waals surface area contributed by atoms with E-state index in [1.165, 1.54) is 19.1 Å². The van der Waals surface area contributed by atoms with Crippen molar-refractivity contribution in [2.24, 2.45) is 0 Å². The molecule has 8 heteroatoms. The largest absolute Gasteiger partial charge is 0.449 e. The summed E-state index contributed by atoms with van der Waals surface area (Å²) in [5, 5.41) is 3.19. The highest BCUT2D eigenvalue weighted by molar-refractivity contribution is 7.89. The highest BCUT2D eigenvalue weighted by Crippen LogP contribution is 2.15. The number of hydrogen-bond donors (Lipinski definition) is 1. The lowest BCUT2D eigenvalue weighted by Crippen LogP contribution is -2.35. The molecule has 2 aromatic rings. The summed E-state index contributed by atoms with van der Waals surface area (Å²) in [5.41, 5.74) is 1.41. The molecule has 1 atom stereocenters. The van der Waals surface area contributed by atoms with Crippen molar-refractivity contribution in [2.45, 2.75) is 25.3 Å². The molecule has 0 radical (unpaired) electrons. The van der Waals surface area contributed by atoms with Gasteiger partial charge in [-0.2, -0.15) is 0 Å². The minimum Gasteiger partial charge on any atom is -0.449 e. The number of amides is 1. The van der Waals surface area contributed by atoms with E-state index in [9.17, 15) is 18.0 Å². The van der Waals surface area contributed by atoms with Crippen LogP contribution in [0.5, 0.6) is 0 Å². The van der Waals surface area contributed by atoms with Gasteiger partial charge < -0.3 is 10.1 Å². The lowest BCUT2D eigenvalue weighted by Gasteiger charge is -2.14. The number of carbonyl (C=O) groups is 2. The molecule has 0 aromatic heterocycles. The van der Waals surface area contributed by atoms with Gasteiger partial charge in [0, 0.05) is 17.8 Å². The zero-order valence-electron chi connectivity index (χ0n) is 14.9. The lowest BCUT2D eigenvalue weighted by atomic mass is 10.1. The first-order chi connectivity index (χ1) is 12.7. The molecule has 1 N–H and O–H groups in total. The van der Waals surface area contributed by atoms with Gasteiger partial charge in [0.15, 0.2) is 15.9 Å². The third-order valence-electron chi connectivity index (χ3n) is 3.66. The summed E-state index contributed by atoms with van der Waals surface area (Å²) in [6, 6.07) is 13.2. The van der Waals surface area contributed by atoms with E-state index in [1.54, 1.807) is 36.4 Å². The summed E-state index contributed by atoms with van der Waals surface area (Å²) in [6.07, 6.45) is 0.0993. The zero-order chi connectivity index (χ0) is 20.0. The van der Waals surface area contributed by atoms with E-state index < -0.39 is 27.8 Å². The van der Waals surface area contributed by atoms with E-state index >= 15 is 0 Å². The summed E-state index contributed by atoms with van der Waals surface area (Å²) in [6.45, 7) is 1.67. The molecule has 27 heavy (non-hydrogen) atoms. The van der Waals surface area contributed by atoms with Crippen molar-refractivity contribution in [3.8, 4) is 0 Å². The number of benzene rings is 2. The number of carbonyl (C=O) groups excluding carboxylic acids is 2. The fourth-order valence-electron chi connectivity index (χ4n) is 2.34. The maximum absolute atomic E-state index is 12.2. The van der Waals surface area contributed by atoms with E-state index in [-0.39, 0.29) is 17.9 Å². The Labute approximate surface area is 163 Å². The zero-order valence-corrected chi connectivity index (χ0v) is 16.5. The second-order valence-corrected chi connectivity index (χ2v) is 8.67. The van der Waals surface area contributed by atoms with Crippen LogP contribution in [0.3, 0.4) is 0 Å². The summed E-state index contributed by atoms with van der Waals surface area (Å²) in [4.78, 5) is 24.4. The van der Waals surface area contributed by atoms with Crippen LogP contribution in [0.4, 0.5) is 0 Å². The number of nitrogens with one attached hydrogen (secondary N) is 1. The van der Waals surface area contributed by atoms with Crippen molar-refractivity contribution in [1.29, 1.82) is 0 Å². The Balaban J connectivity index is 1.95. The molecule has 0 saturated carbocycles. The Morgan fingerprint density at radius 1 is 1.15 bits per heavy atom. The minimum absolute atomic E-state index is 0.179. The average molecular weight is 410 g/mol. The molecule has 2 aromatic carbocycles. The molecule has 144 valence electrons. The number of esters is 1. The molecule has 0 saturated heterocycles. The predicted molar refractivity (Wildman–Crippen MR) is 103 cm³/mol. The monoisotopic (exact) mass is 409 g/mol. The van der Waals surface area contributed by atoms with E-state index in [2.05, 4.69) is 5.32 Å². The quantitative estimate of drug-likeness (QED) is 0.710. The molecule has 0 unspecified atom stereocenters. The van der Waals surface area contributed by atoms with Gasteiger partial charge in [-0.15, -0.1) is 0 Å². The van der Waals surface area contributed by atoms with Crippen LogP contribution < -0.4 is 5.32 Å². The fourth-order valence-corrected chi connectivity index (χ4v) is 3.33. The Hall–Kier alpha value is -2.38. The normalized spacial score (nSPS) is 12.3. The van der Waals surface area contributed by atoms with Crippen LogP contribution in [-0.2, 0) is 31.7 Å². The van der Waals surface area contributed by atoms with Crippen LogP contribution in [0.1, 0.15) is 28.4 Å². The first-order valence-corrected chi connectivity index (χ1v) is 10.6. The molecule has 0 aliphatic carbocycles. The van der Waals surface area contributed by atoms with Gasteiger partial charge in [-0.05, 0) is 36.2 Å². The molecule has 0 aliphatic rings. The number of rotatable bonds is 7. The van der Waals surface area contributed by atoms with E-state index in [0.717, 1.165) is 11.8 Å². The number of ether oxygens (including phenoxy) is 1. The molecule has 1 amide bonds. The first kappa shape index (κ1) is 20.9. The van der Waals surface area contributed by atoms with Crippen LogP contribution in [0.25, 0.3) is 0 Å². The molecule has 0 heterocycles. The summed E-state index contributed by atoms with van der Waals surface area (Å²) in [5.74, 6) is -1.34. The van der Waals surface area contributed by atoms with Gasteiger partial charge in [0.05, 0.1) is 11.3 Å². The first-order valence-electron chi connectivity index (χ1n) is 8.14. The predicted octanol–water partition coefficient (Wildman–Crippen LogP) is 2.75. The average Bonchev–Trinajstić information content (AvgIpc) is 2.59. The number of sulfone groups is 1. The van der Waals surface area contributed by atoms with Gasteiger partial charge in [0.25, 0.3) is 5.91 Å². The topological polar surface area (TPSA) is 89.5 Å².